The summed E-state index contributed by atoms with van der Waals surface area (Å²) in [6, 6.07) is 8.63. The van der Waals surface area contributed by atoms with Gasteiger partial charge < -0.3 is 10.2 Å². The van der Waals surface area contributed by atoms with Crippen LogP contribution in [0.2, 0.25) is 0 Å². The van der Waals surface area contributed by atoms with Crippen LogP contribution in [0.15, 0.2) is 36.9 Å². The third-order valence-electron chi connectivity index (χ3n) is 4.76. The topological polar surface area (TPSA) is 32.3 Å². The van der Waals surface area contributed by atoms with Gasteiger partial charge in [0.2, 0.25) is 5.91 Å². The van der Waals surface area contributed by atoms with Gasteiger partial charge >= 0.3 is 0 Å². The summed E-state index contributed by atoms with van der Waals surface area (Å²) in [5.74, 6) is 0.291. The fourth-order valence-corrected chi connectivity index (χ4v) is 3.70. The number of nitrogens with one attached hydrogen (secondary N) is 1. The Labute approximate surface area is 127 Å². The van der Waals surface area contributed by atoms with E-state index in [4.69, 9.17) is 0 Å². The van der Waals surface area contributed by atoms with Gasteiger partial charge in [0, 0.05) is 24.8 Å². The van der Waals surface area contributed by atoms with Crippen LogP contribution < -0.4 is 5.32 Å². The second-order valence-electron chi connectivity index (χ2n) is 6.07. The first kappa shape index (κ1) is 14.2. The van der Waals surface area contributed by atoms with Gasteiger partial charge in [0.15, 0.2) is 0 Å². The average molecular weight is 284 g/mol. The van der Waals surface area contributed by atoms with Crippen molar-refractivity contribution in [3.05, 3.63) is 42.5 Å². The molecule has 1 aliphatic carbocycles. The number of benzene rings is 1. The van der Waals surface area contributed by atoms with E-state index in [0.29, 0.717) is 12.6 Å². The van der Waals surface area contributed by atoms with Crippen molar-refractivity contribution < 1.29 is 4.79 Å². The highest BCUT2D eigenvalue weighted by atomic mass is 16.2. The molecule has 0 saturated heterocycles. The zero-order valence-corrected chi connectivity index (χ0v) is 12.6. The molecule has 1 atom stereocenters. The van der Waals surface area contributed by atoms with Crippen LogP contribution >= 0.6 is 0 Å². The molecule has 0 radical (unpaired) electrons. The normalized spacial score (nSPS) is 21.4. The molecule has 0 bridgehead atoms. The molecule has 0 spiro atoms. The molecule has 2 aliphatic rings. The summed E-state index contributed by atoms with van der Waals surface area (Å²) in [5.41, 5.74) is 2.27. The summed E-state index contributed by atoms with van der Waals surface area (Å²) in [5, 5.41) is 3.40. The van der Waals surface area contributed by atoms with Crippen molar-refractivity contribution in [1.29, 1.82) is 0 Å². The molecule has 112 valence electrons. The van der Waals surface area contributed by atoms with E-state index in [9.17, 15) is 4.79 Å². The SMILES string of the molecule is C=CCN(C(=O)C1CCNc2ccccc21)C1CCCC1. The van der Waals surface area contributed by atoms with Crippen LogP contribution in [0.5, 0.6) is 0 Å². The number of hydrogen-bond donors (Lipinski definition) is 1. The van der Waals surface area contributed by atoms with E-state index in [-0.39, 0.29) is 11.8 Å². The molecule has 1 aromatic rings. The van der Waals surface area contributed by atoms with E-state index < -0.39 is 0 Å². The average Bonchev–Trinajstić information content (AvgIpc) is 3.05. The molecule has 21 heavy (non-hydrogen) atoms. The lowest BCUT2D eigenvalue weighted by molar-refractivity contribution is -0.134. The summed E-state index contributed by atoms with van der Waals surface area (Å²) in [6.45, 7) is 5.39. The van der Waals surface area contributed by atoms with E-state index >= 15 is 0 Å². The van der Waals surface area contributed by atoms with E-state index in [1.165, 1.54) is 12.8 Å². The van der Waals surface area contributed by atoms with Crippen LogP contribution in [0.1, 0.15) is 43.6 Å². The van der Waals surface area contributed by atoms with Gasteiger partial charge in [0.05, 0.1) is 5.92 Å². The zero-order chi connectivity index (χ0) is 14.7. The van der Waals surface area contributed by atoms with Crippen molar-refractivity contribution >= 4 is 11.6 Å². The quantitative estimate of drug-likeness (QED) is 0.858. The number of carbonyl (C=O) groups excluding carboxylic acids is 1. The molecular weight excluding hydrogens is 260 g/mol. The van der Waals surface area contributed by atoms with Gasteiger partial charge in [0.25, 0.3) is 0 Å². The van der Waals surface area contributed by atoms with Crippen molar-refractivity contribution in [2.45, 2.75) is 44.1 Å². The molecule has 1 aliphatic heterocycles. The number of anilines is 1. The molecule has 1 heterocycles. The molecule has 1 N–H and O–H groups in total. The summed E-state index contributed by atoms with van der Waals surface area (Å²) in [6.07, 6.45) is 7.53. The maximum atomic E-state index is 13.1. The number of hydrogen-bond acceptors (Lipinski definition) is 2. The van der Waals surface area contributed by atoms with Gasteiger partial charge in [-0.1, -0.05) is 37.1 Å². The maximum absolute atomic E-state index is 13.1. The van der Waals surface area contributed by atoms with E-state index in [2.05, 4.69) is 28.9 Å². The molecule has 1 fully saturated rings. The van der Waals surface area contributed by atoms with Crippen LogP contribution in [0, 0.1) is 0 Å². The van der Waals surface area contributed by atoms with E-state index in [1.54, 1.807) is 0 Å². The predicted molar refractivity (Wildman–Crippen MR) is 86.5 cm³/mol. The largest absolute Gasteiger partial charge is 0.385 e. The van der Waals surface area contributed by atoms with Gasteiger partial charge in [-0.05, 0) is 30.9 Å². The minimum atomic E-state index is 0.00278. The summed E-state index contributed by atoms with van der Waals surface area (Å²) >= 11 is 0. The van der Waals surface area contributed by atoms with Gasteiger partial charge in [0.1, 0.15) is 0 Å². The Bertz CT molecular complexity index is 520. The minimum Gasteiger partial charge on any atom is -0.385 e. The molecule has 1 aromatic carbocycles. The van der Waals surface area contributed by atoms with Crippen molar-refractivity contribution in [3.63, 3.8) is 0 Å². The highest BCUT2D eigenvalue weighted by Gasteiger charge is 2.33. The Balaban J connectivity index is 1.84. The second-order valence-corrected chi connectivity index (χ2v) is 6.07. The summed E-state index contributed by atoms with van der Waals surface area (Å²) in [4.78, 5) is 15.2. The Morgan fingerprint density at radius 1 is 1.29 bits per heavy atom. The number of nitrogens with zero attached hydrogens (tertiary/aromatic N) is 1. The number of amides is 1. The van der Waals surface area contributed by atoms with Crippen molar-refractivity contribution in [2.24, 2.45) is 0 Å². The molecule has 0 aromatic heterocycles. The summed E-state index contributed by atoms with van der Waals surface area (Å²) < 4.78 is 0. The molecule has 1 unspecified atom stereocenters. The molecule has 1 amide bonds. The fraction of sp³-hybridized carbons (Fsp3) is 0.500. The van der Waals surface area contributed by atoms with E-state index in [0.717, 1.165) is 37.1 Å². The van der Waals surface area contributed by atoms with Crippen LogP contribution in [0.25, 0.3) is 0 Å². The Hall–Kier alpha value is -1.77. The zero-order valence-electron chi connectivity index (χ0n) is 12.6. The van der Waals surface area contributed by atoms with Gasteiger partial charge in [-0.15, -0.1) is 6.58 Å². The lowest BCUT2D eigenvalue weighted by Crippen LogP contribution is -2.43. The molecule has 3 heteroatoms. The van der Waals surface area contributed by atoms with Gasteiger partial charge in [-0.2, -0.15) is 0 Å². The number of rotatable bonds is 4. The standard InChI is InChI=1S/C18H24N2O/c1-2-13-20(14-7-3-4-8-14)18(21)16-11-12-19-17-10-6-5-9-15(16)17/h2,5-6,9-10,14,16,19H,1,3-4,7-8,11-13H2. The monoisotopic (exact) mass is 284 g/mol. The van der Waals surface area contributed by atoms with Crippen molar-refractivity contribution in [1.82, 2.24) is 4.90 Å². The van der Waals surface area contributed by atoms with Crippen LogP contribution in [-0.4, -0.2) is 29.9 Å². The lowest BCUT2D eigenvalue weighted by Gasteiger charge is -2.34. The number of fused-ring (bicyclic) bond motifs is 1. The number of carbonyl (C=O) groups is 1. The summed E-state index contributed by atoms with van der Waals surface area (Å²) in [7, 11) is 0. The van der Waals surface area contributed by atoms with Crippen molar-refractivity contribution in [3.8, 4) is 0 Å². The molecule has 3 nitrogen and oxygen atoms in total. The minimum absolute atomic E-state index is 0.00278. The number of para-hydroxylation sites is 1. The fourth-order valence-electron chi connectivity index (χ4n) is 3.70. The third-order valence-corrected chi connectivity index (χ3v) is 4.76. The molecular formula is C18H24N2O. The lowest BCUT2D eigenvalue weighted by atomic mass is 9.89. The highest BCUT2D eigenvalue weighted by molar-refractivity contribution is 5.86. The Kier molecular flexibility index (Phi) is 4.28. The van der Waals surface area contributed by atoms with Gasteiger partial charge in [-0.3, -0.25) is 4.79 Å². The smallest absolute Gasteiger partial charge is 0.230 e. The van der Waals surface area contributed by atoms with Crippen LogP contribution in [-0.2, 0) is 4.79 Å². The Morgan fingerprint density at radius 2 is 2.05 bits per heavy atom. The third kappa shape index (κ3) is 2.82. The highest BCUT2D eigenvalue weighted by Crippen LogP contribution is 2.34. The first-order valence-electron chi connectivity index (χ1n) is 8.05. The first-order chi connectivity index (χ1) is 10.3. The maximum Gasteiger partial charge on any atom is 0.230 e. The second kappa shape index (κ2) is 6.33. The van der Waals surface area contributed by atoms with Crippen molar-refractivity contribution in [2.75, 3.05) is 18.4 Å². The Morgan fingerprint density at radius 3 is 2.81 bits per heavy atom. The van der Waals surface area contributed by atoms with E-state index in [1.807, 2.05) is 18.2 Å². The van der Waals surface area contributed by atoms with Crippen LogP contribution in [0.3, 0.4) is 0 Å². The predicted octanol–water partition coefficient (Wildman–Crippen LogP) is 3.54. The first-order valence-corrected chi connectivity index (χ1v) is 8.05. The molecule has 3 rings (SSSR count). The van der Waals surface area contributed by atoms with Gasteiger partial charge in [-0.25, -0.2) is 0 Å². The molecule has 1 saturated carbocycles. The van der Waals surface area contributed by atoms with Crippen LogP contribution in [0.4, 0.5) is 5.69 Å².